The van der Waals surface area contributed by atoms with E-state index in [1.54, 1.807) is 4.68 Å². The lowest BCUT2D eigenvalue weighted by Crippen LogP contribution is -2.12. The van der Waals surface area contributed by atoms with Gasteiger partial charge < -0.3 is 10.1 Å². The minimum Gasteiger partial charge on any atom is -0.494 e. The molecule has 0 saturated carbocycles. The first-order valence-corrected chi connectivity index (χ1v) is 9.66. The van der Waals surface area contributed by atoms with E-state index in [2.05, 4.69) is 20.8 Å². The number of nitrogens with zero attached hydrogens (tertiary/aromatic N) is 4. The van der Waals surface area contributed by atoms with Gasteiger partial charge in [0.25, 0.3) is 0 Å². The fraction of sp³-hybridized carbons (Fsp3) is 0.263. The Bertz CT molecular complexity index is 895. The van der Waals surface area contributed by atoms with Crippen molar-refractivity contribution in [3.05, 3.63) is 54.1 Å². The molecule has 3 rings (SSSR count). The van der Waals surface area contributed by atoms with Crippen LogP contribution in [-0.4, -0.2) is 38.5 Å². The number of hydrogen-bond acceptors (Lipinski definition) is 6. The monoisotopic (exact) mass is 383 g/mol. The molecule has 0 saturated heterocycles. The molecule has 0 aliphatic heterocycles. The Hall–Kier alpha value is -2.87. The van der Waals surface area contributed by atoms with Crippen molar-refractivity contribution in [2.45, 2.75) is 25.4 Å². The number of rotatable bonds is 8. The summed E-state index contributed by atoms with van der Waals surface area (Å²) in [5.41, 5.74) is 2.77. The number of nitrogens with one attached hydrogen (secondary N) is 1. The van der Waals surface area contributed by atoms with Gasteiger partial charge in [0, 0.05) is 17.9 Å². The van der Waals surface area contributed by atoms with Crippen LogP contribution in [0.4, 0.5) is 5.69 Å². The molecule has 1 aromatic heterocycles. The van der Waals surface area contributed by atoms with E-state index in [9.17, 15) is 4.79 Å². The standard InChI is InChI=1S/C19H21N5O2S/c1-3-26-16-10-8-15(9-11-16)20-18(25)12-13-27-19-21-22-23-24(19)17-7-5-4-6-14(17)2/h4-11H,3,12-13H2,1-2H3,(H,20,25). The molecule has 0 aliphatic carbocycles. The molecule has 27 heavy (non-hydrogen) atoms. The van der Waals surface area contributed by atoms with E-state index in [0.29, 0.717) is 23.9 Å². The fourth-order valence-electron chi connectivity index (χ4n) is 2.48. The molecule has 0 radical (unpaired) electrons. The third-order valence-corrected chi connectivity index (χ3v) is 4.71. The maximum absolute atomic E-state index is 12.1. The van der Waals surface area contributed by atoms with E-state index < -0.39 is 0 Å². The first-order chi connectivity index (χ1) is 13.2. The molecule has 140 valence electrons. The summed E-state index contributed by atoms with van der Waals surface area (Å²) in [7, 11) is 0. The van der Waals surface area contributed by atoms with Crippen LogP contribution in [0.15, 0.2) is 53.7 Å². The van der Waals surface area contributed by atoms with E-state index >= 15 is 0 Å². The zero-order valence-corrected chi connectivity index (χ0v) is 16.1. The average molecular weight is 383 g/mol. The van der Waals surface area contributed by atoms with Crippen LogP contribution in [0.2, 0.25) is 0 Å². The molecular weight excluding hydrogens is 362 g/mol. The molecule has 0 unspecified atom stereocenters. The molecule has 2 aromatic carbocycles. The van der Waals surface area contributed by atoms with Crippen molar-refractivity contribution in [3.63, 3.8) is 0 Å². The van der Waals surface area contributed by atoms with Crippen molar-refractivity contribution in [1.82, 2.24) is 20.2 Å². The molecule has 8 heteroatoms. The Kier molecular flexibility index (Phi) is 6.43. The lowest BCUT2D eigenvalue weighted by Gasteiger charge is -2.08. The molecule has 0 fully saturated rings. The zero-order chi connectivity index (χ0) is 19.1. The Morgan fingerprint density at radius 1 is 1.19 bits per heavy atom. The number of anilines is 1. The van der Waals surface area contributed by atoms with Gasteiger partial charge in [-0.2, -0.15) is 4.68 Å². The second kappa shape index (κ2) is 9.18. The van der Waals surface area contributed by atoms with Crippen molar-refractivity contribution in [3.8, 4) is 11.4 Å². The highest BCUT2D eigenvalue weighted by atomic mass is 32.2. The lowest BCUT2D eigenvalue weighted by molar-refractivity contribution is -0.115. The molecule has 0 aliphatic rings. The first kappa shape index (κ1) is 18.9. The van der Waals surface area contributed by atoms with E-state index in [1.807, 2.05) is 62.4 Å². The van der Waals surface area contributed by atoms with Gasteiger partial charge in [-0.1, -0.05) is 30.0 Å². The average Bonchev–Trinajstić information content (AvgIpc) is 3.12. The molecule has 7 nitrogen and oxygen atoms in total. The molecule has 0 spiro atoms. The van der Waals surface area contributed by atoms with Gasteiger partial charge >= 0.3 is 0 Å². The number of carbonyl (C=O) groups excluding carboxylic acids is 1. The van der Waals surface area contributed by atoms with Crippen molar-refractivity contribution >= 4 is 23.4 Å². The number of aryl methyl sites for hydroxylation is 1. The van der Waals surface area contributed by atoms with Gasteiger partial charge in [-0.3, -0.25) is 4.79 Å². The zero-order valence-electron chi connectivity index (χ0n) is 15.3. The summed E-state index contributed by atoms with van der Waals surface area (Å²) in [5.74, 6) is 1.31. The number of thioether (sulfide) groups is 1. The van der Waals surface area contributed by atoms with Gasteiger partial charge in [0.2, 0.25) is 11.1 Å². The third kappa shape index (κ3) is 5.07. The number of benzene rings is 2. The van der Waals surface area contributed by atoms with Gasteiger partial charge in [-0.05, 0) is 60.2 Å². The number of carbonyl (C=O) groups is 1. The predicted octanol–water partition coefficient (Wildman–Crippen LogP) is 3.49. The lowest BCUT2D eigenvalue weighted by atomic mass is 10.2. The number of ether oxygens (including phenoxy) is 1. The summed E-state index contributed by atoms with van der Waals surface area (Å²) in [6, 6.07) is 15.2. The summed E-state index contributed by atoms with van der Waals surface area (Å²) < 4.78 is 7.09. The highest BCUT2D eigenvalue weighted by Gasteiger charge is 2.11. The largest absolute Gasteiger partial charge is 0.494 e. The highest BCUT2D eigenvalue weighted by Crippen LogP contribution is 2.21. The summed E-state index contributed by atoms with van der Waals surface area (Å²) >= 11 is 1.45. The van der Waals surface area contributed by atoms with Crippen LogP contribution in [0.25, 0.3) is 5.69 Å². The topological polar surface area (TPSA) is 81.9 Å². The van der Waals surface area contributed by atoms with E-state index in [1.165, 1.54) is 11.8 Å². The van der Waals surface area contributed by atoms with Crippen LogP contribution in [0.1, 0.15) is 18.9 Å². The van der Waals surface area contributed by atoms with E-state index in [4.69, 9.17) is 4.74 Å². The SMILES string of the molecule is CCOc1ccc(NC(=O)CCSc2nnnn2-c2ccccc2C)cc1. The third-order valence-electron chi connectivity index (χ3n) is 3.79. The van der Waals surface area contributed by atoms with Gasteiger partial charge in [-0.25, -0.2) is 0 Å². The number of tetrazole rings is 1. The van der Waals surface area contributed by atoms with Crippen LogP contribution >= 0.6 is 11.8 Å². The van der Waals surface area contributed by atoms with Crippen LogP contribution < -0.4 is 10.1 Å². The Labute approximate surface area is 162 Å². The summed E-state index contributed by atoms with van der Waals surface area (Å²) in [4.78, 5) is 12.1. The summed E-state index contributed by atoms with van der Waals surface area (Å²) in [6.45, 7) is 4.56. The smallest absolute Gasteiger partial charge is 0.225 e. The van der Waals surface area contributed by atoms with Gasteiger partial charge in [0.1, 0.15) is 5.75 Å². The second-order valence-corrected chi connectivity index (χ2v) is 6.83. The van der Waals surface area contributed by atoms with Crippen LogP contribution in [0, 0.1) is 6.92 Å². The predicted molar refractivity (Wildman–Crippen MR) is 105 cm³/mol. The van der Waals surface area contributed by atoms with Gasteiger partial charge in [-0.15, -0.1) is 5.10 Å². The number of para-hydroxylation sites is 1. The summed E-state index contributed by atoms with van der Waals surface area (Å²) in [5, 5.41) is 15.4. The number of amides is 1. The molecule has 1 N–H and O–H groups in total. The maximum Gasteiger partial charge on any atom is 0.225 e. The van der Waals surface area contributed by atoms with Gasteiger partial charge in [0.05, 0.1) is 12.3 Å². The van der Waals surface area contributed by atoms with Gasteiger partial charge in [0.15, 0.2) is 0 Å². The van der Waals surface area contributed by atoms with E-state index in [0.717, 1.165) is 22.7 Å². The quantitative estimate of drug-likeness (QED) is 0.600. The molecular formula is C19H21N5O2S. The van der Waals surface area contributed by atoms with Crippen molar-refractivity contribution in [2.75, 3.05) is 17.7 Å². The second-order valence-electron chi connectivity index (χ2n) is 5.76. The number of hydrogen-bond donors (Lipinski definition) is 1. The molecule has 3 aromatic rings. The Morgan fingerprint density at radius 2 is 1.96 bits per heavy atom. The van der Waals surface area contributed by atoms with Crippen LogP contribution in [0.5, 0.6) is 5.75 Å². The Balaban J connectivity index is 1.52. The van der Waals surface area contributed by atoms with Crippen molar-refractivity contribution in [1.29, 1.82) is 0 Å². The first-order valence-electron chi connectivity index (χ1n) is 8.67. The van der Waals surface area contributed by atoms with Crippen LogP contribution in [-0.2, 0) is 4.79 Å². The Morgan fingerprint density at radius 3 is 2.70 bits per heavy atom. The molecule has 0 atom stereocenters. The molecule has 1 amide bonds. The van der Waals surface area contributed by atoms with Crippen molar-refractivity contribution in [2.24, 2.45) is 0 Å². The number of aromatic nitrogens is 4. The summed E-state index contributed by atoms with van der Waals surface area (Å²) in [6.07, 6.45) is 0.360. The van der Waals surface area contributed by atoms with E-state index in [-0.39, 0.29) is 5.91 Å². The highest BCUT2D eigenvalue weighted by molar-refractivity contribution is 7.99. The normalized spacial score (nSPS) is 10.6. The molecule has 1 heterocycles. The minimum atomic E-state index is -0.0541. The maximum atomic E-state index is 12.1. The van der Waals surface area contributed by atoms with Crippen LogP contribution in [0.3, 0.4) is 0 Å². The molecule has 0 bridgehead atoms. The fourth-order valence-corrected chi connectivity index (χ4v) is 3.30. The van der Waals surface area contributed by atoms with Crippen molar-refractivity contribution < 1.29 is 9.53 Å². The minimum absolute atomic E-state index is 0.0541.